The third-order valence-electron chi connectivity index (χ3n) is 5.11. The third-order valence-corrected chi connectivity index (χ3v) is 5.11. The van der Waals surface area contributed by atoms with Gasteiger partial charge in [-0.2, -0.15) is 0 Å². The van der Waals surface area contributed by atoms with Crippen molar-refractivity contribution in [2.45, 2.75) is 12.8 Å². The van der Waals surface area contributed by atoms with Gasteiger partial charge in [-0.25, -0.2) is 4.68 Å². The highest BCUT2D eigenvalue weighted by atomic mass is 16.5. The number of morpholine rings is 1. The molecule has 2 amide bonds. The Labute approximate surface area is 156 Å². The first-order valence-corrected chi connectivity index (χ1v) is 9.21. The lowest BCUT2D eigenvalue weighted by atomic mass is 9.95. The molecule has 1 aromatic carbocycles. The van der Waals surface area contributed by atoms with E-state index in [1.54, 1.807) is 17.0 Å². The molecule has 2 aromatic rings. The molecule has 0 spiro atoms. The lowest BCUT2D eigenvalue weighted by molar-refractivity contribution is -0.141. The van der Waals surface area contributed by atoms with E-state index in [2.05, 4.69) is 15.5 Å². The van der Waals surface area contributed by atoms with Crippen molar-refractivity contribution in [3.05, 3.63) is 36.2 Å². The number of piperidine rings is 1. The van der Waals surface area contributed by atoms with Gasteiger partial charge in [-0.3, -0.25) is 9.59 Å². The fraction of sp³-hybridized carbons (Fsp3) is 0.500. The Hall–Kier alpha value is -2.81. The summed E-state index contributed by atoms with van der Waals surface area (Å²) in [5, 5.41) is 11.0. The number of carbonyl (C=O) groups excluding carboxylic acids is 2. The van der Waals surface area contributed by atoms with Gasteiger partial charge in [0.15, 0.2) is 0 Å². The molecular weight excluding hydrogens is 348 g/mol. The van der Waals surface area contributed by atoms with Crippen molar-refractivity contribution < 1.29 is 14.3 Å². The van der Waals surface area contributed by atoms with Crippen LogP contribution in [0.5, 0.6) is 0 Å². The Kier molecular flexibility index (Phi) is 5.10. The highest BCUT2D eigenvalue weighted by Gasteiger charge is 2.32. The number of carbonyl (C=O) groups is 2. The predicted octanol–water partition coefficient (Wildman–Crippen LogP) is 0.373. The first-order valence-electron chi connectivity index (χ1n) is 9.21. The Morgan fingerprint density at radius 3 is 2.52 bits per heavy atom. The predicted molar refractivity (Wildman–Crippen MR) is 95.2 cm³/mol. The van der Waals surface area contributed by atoms with E-state index in [0.29, 0.717) is 45.0 Å². The number of aromatic nitrogens is 4. The molecule has 2 aliphatic heterocycles. The van der Waals surface area contributed by atoms with Gasteiger partial charge in [0.25, 0.3) is 5.91 Å². The Morgan fingerprint density at radius 2 is 1.81 bits per heavy atom. The molecule has 1 aromatic heterocycles. The summed E-state index contributed by atoms with van der Waals surface area (Å²) in [5.74, 6) is -0.0242. The van der Waals surface area contributed by atoms with E-state index < -0.39 is 0 Å². The molecule has 27 heavy (non-hydrogen) atoms. The monoisotopic (exact) mass is 370 g/mol. The number of ether oxygens (including phenoxy) is 1. The number of likely N-dealkylation sites (tertiary alicyclic amines) is 1. The van der Waals surface area contributed by atoms with Crippen LogP contribution in [0.2, 0.25) is 0 Å². The number of benzene rings is 1. The van der Waals surface area contributed by atoms with Gasteiger partial charge in [0, 0.05) is 31.7 Å². The van der Waals surface area contributed by atoms with Gasteiger partial charge in [-0.1, -0.05) is 0 Å². The van der Waals surface area contributed by atoms with Gasteiger partial charge in [-0.15, -0.1) is 5.10 Å². The zero-order valence-corrected chi connectivity index (χ0v) is 15.0. The maximum absolute atomic E-state index is 12.9. The summed E-state index contributed by atoms with van der Waals surface area (Å²) in [6.45, 7) is 3.62. The van der Waals surface area contributed by atoms with Crippen LogP contribution >= 0.6 is 0 Å². The zero-order chi connectivity index (χ0) is 18.6. The summed E-state index contributed by atoms with van der Waals surface area (Å²) < 4.78 is 6.85. The van der Waals surface area contributed by atoms with E-state index in [1.807, 2.05) is 17.0 Å². The van der Waals surface area contributed by atoms with Crippen LogP contribution in [0.25, 0.3) is 5.69 Å². The second-order valence-corrected chi connectivity index (χ2v) is 6.83. The van der Waals surface area contributed by atoms with Crippen molar-refractivity contribution in [3.63, 3.8) is 0 Å². The standard InChI is InChI=1S/C18H22N6O3/c25-17(14-3-5-16(6-4-14)24-13-19-20-21-24)23-7-1-2-15(12-23)18(26)22-8-10-27-11-9-22/h3-6,13,15H,1-2,7-12H2/t15-/m1/s1. The largest absolute Gasteiger partial charge is 0.378 e. The summed E-state index contributed by atoms with van der Waals surface area (Å²) in [5.41, 5.74) is 1.39. The minimum absolute atomic E-state index is 0.0438. The average molecular weight is 370 g/mol. The molecular formula is C18H22N6O3. The van der Waals surface area contributed by atoms with Crippen LogP contribution in [0.15, 0.2) is 30.6 Å². The van der Waals surface area contributed by atoms with Crippen LogP contribution in [0.1, 0.15) is 23.2 Å². The van der Waals surface area contributed by atoms with Gasteiger partial charge in [0.1, 0.15) is 6.33 Å². The van der Waals surface area contributed by atoms with Gasteiger partial charge in [0.05, 0.1) is 24.8 Å². The number of tetrazole rings is 1. The first kappa shape index (κ1) is 17.6. The lowest BCUT2D eigenvalue weighted by Crippen LogP contribution is -2.49. The molecule has 9 nitrogen and oxygen atoms in total. The molecule has 2 fully saturated rings. The molecule has 0 bridgehead atoms. The zero-order valence-electron chi connectivity index (χ0n) is 15.0. The van der Waals surface area contributed by atoms with Crippen molar-refractivity contribution in [1.82, 2.24) is 30.0 Å². The van der Waals surface area contributed by atoms with Crippen LogP contribution in [-0.4, -0.2) is 81.2 Å². The highest BCUT2D eigenvalue weighted by molar-refractivity contribution is 5.95. The molecule has 0 saturated carbocycles. The number of hydrogen-bond acceptors (Lipinski definition) is 6. The fourth-order valence-corrected chi connectivity index (χ4v) is 3.62. The van der Waals surface area contributed by atoms with Gasteiger partial charge in [0.2, 0.25) is 5.91 Å². The summed E-state index contributed by atoms with van der Waals surface area (Å²) in [6, 6.07) is 7.16. The normalized spacial score (nSPS) is 20.5. The van der Waals surface area contributed by atoms with Crippen molar-refractivity contribution in [2.75, 3.05) is 39.4 Å². The summed E-state index contributed by atoms with van der Waals surface area (Å²) in [4.78, 5) is 29.3. The number of amides is 2. The van der Waals surface area contributed by atoms with Crippen LogP contribution in [-0.2, 0) is 9.53 Å². The second kappa shape index (κ2) is 7.83. The van der Waals surface area contributed by atoms with Crippen LogP contribution in [0.4, 0.5) is 0 Å². The van der Waals surface area contributed by atoms with E-state index in [4.69, 9.17) is 4.74 Å². The molecule has 4 rings (SSSR count). The minimum Gasteiger partial charge on any atom is -0.378 e. The fourth-order valence-electron chi connectivity index (χ4n) is 3.62. The smallest absolute Gasteiger partial charge is 0.253 e. The second-order valence-electron chi connectivity index (χ2n) is 6.83. The molecule has 3 heterocycles. The summed E-state index contributed by atoms with van der Waals surface area (Å²) in [6.07, 6.45) is 3.18. The highest BCUT2D eigenvalue weighted by Crippen LogP contribution is 2.21. The Bertz CT molecular complexity index is 786. The van der Waals surface area contributed by atoms with Crippen molar-refractivity contribution in [2.24, 2.45) is 5.92 Å². The quantitative estimate of drug-likeness (QED) is 0.775. The van der Waals surface area contributed by atoms with E-state index in [9.17, 15) is 9.59 Å². The molecule has 0 radical (unpaired) electrons. The SMILES string of the molecule is O=C(c1ccc(-n2cnnn2)cc1)N1CCC[C@@H](C(=O)N2CCOCC2)C1. The molecule has 142 valence electrons. The van der Waals surface area contributed by atoms with E-state index in [0.717, 1.165) is 18.5 Å². The summed E-state index contributed by atoms with van der Waals surface area (Å²) >= 11 is 0. The van der Waals surface area contributed by atoms with E-state index >= 15 is 0 Å². The number of rotatable bonds is 3. The van der Waals surface area contributed by atoms with Crippen LogP contribution in [0, 0.1) is 5.92 Å². The van der Waals surface area contributed by atoms with Crippen molar-refractivity contribution in [3.8, 4) is 5.69 Å². The molecule has 2 aliphatic rings. The number of nitrogens with zero attached hydrogens (tertiary/aromatic N) is 6. The first-order chi connectivity index (χ1) is 13.2. The summed E-state index contributed by atoms with van der Waals surface area (Å²) in [7, 11) is 0. The van der Waals surface area contributed by atoms with Crippen LogP contribution in [0.3, 0.4) is 0 Å². The van der Waals surface area contributed by atoms with Gasteiger partial charge >= 0.3 is 0 Å². The molecule has 9 heteroatoms. The lowest BCUT2D eigenvalue weighted by Gasteiger charge is -2.36. The van der Waals surface area contributed by atoms with Crippen molar-refractivity contribution in [1.29, 1.82) is 0 Å². The molecule has 1 atom stereocenters. The van der Waals surface area contributed by atoms with Crippen LogP contribution < -0.4 is 0 Å². The average Bonchev–Trinajstić information content (AvgIpc) is 3.28. The Balaban J connectivity index is 1.41. The third kappa shape index (κ3) is 3.82. The Morgan fingerprint density at radius 1 is 1.04 bits per heavy atom. The van der Waals surface area contributed by atoms with Crippen molar-refractivity contribution >= 4 is 11.8 Å². The van der Waals surface area contributed by atoms with Gasteiger partial charge in [-0.05, 0) is 47.5 Å². The molecule has 2 saturated heterocycles. The molecule has 0 N–H and O–H groups in total. The minimum atomic E-state index is -0.124. The van der Waals surface area contributed by atoms with Gasteiger partial charge < -0.3 is 14.5 Å². The maximum Gasteiger partial charge on any atom is 0.253 e. The maximum atomic E-state index is 12.9. The van der Waals surface area contributed by atoms with E-state index in [1.165, 1.54) is 11.0 Å². The van der Waals surface area contributed by atoms with E-state index in [-0.39, 0.29) is 17.7 Å². The molecule has 0 aliphatic carbocycles. The number of hydrogen-bond donors (Lipinski definition) is 0. The topological polar surface area (TPSA) is 93.5 Å². The molecule has 0 unspecified atom stereocenters.